The maximum atomic E-state index is 13.2. The number of halogens is 1. The van der Waals surface area contributed by atoms with Gasteiger partial charge in [0.05, 0.1) is 0 Å². The zero-order valence-corrected chi connectivity index (χ0v) is 19.6. The van der Waals surface area contributed by atoms with E-state index >= 15 is 0 Å². The van der Waals surface area contributed by atoms with Crippen molar-refractivity contribution >= 4 is 51.1 Å². The van der Waals surface area contributed by atoms with Gasteiger partial charge < -0.3 is 19.1 Å². The first-order valence-electron chi connectivity index (χ1n) is 11.8. The third-order valence-electron chi connectivity index (χ3n) is 7.07. The van der Waals surface area contributed by atoms with E-state index in [-0.39, 0.29) is 11.8 Å². The van der Waals surface area contributed by atoms with Crippen molar-refractivity contribution in [3.05, 3.63) is 59.9 Å². The van der Waals surface area contributed by atoms with Gasteiger partial charge in [-0.05, 0) is 49.2 Å². The topological polar surface area (TPSA) is 65.7 Å². The monoisotopic (exact) mass is 475 g/mol. The summed E-state index contributed by atoms with van der Waals surface area (Å²) in [6.07, 6.45) is 3.25. The average Bonchev–Trinajstić information content (AvgIpc) is 3.28. The number of hydrogen-bond donors (Lipinski definition) is 0. The summed E-state index contributed by atoms with van der Waals surface area (Å²) in [5.41, 5.74) is 3.55. The fraction of sp³-hybridized carbons (Fsp3) is 0.346. The Morgan fingerprint density at radius 2 is 1.62 bits per heavy atom. The number of benzene rings is 2. The van der Waals surface area contributed by atoms with Gasteiger partial charge in [-0.2, -0.15) is 0 Å². The van der Waals surface area contributed by atoms with Crippen LogP contribution in [0.2, 0.25) is 5.02 Å². The first-order valence-corrected chi connectivity index (χ1v) is 12.2. The van der Waals surface area contributed by atoms with E-state index in [2.05, 4.69) is 19.8 Å². The molecule has 0 bridgehead atoms. The second-order valence-electron chi connectivity index (χ2n) is 9.02. The number of anilines is 2. The number of carbonyl (C=O) groups excluding carboxylic acids is 1. The number of para-hydroxylation sites is 1. The molecule has 4 heterocycles. The summed E-state index contributed by atoms with van der Waals surface area (Å²) >= 11 is 6.01. The van der Waals surface area contributed by atoms with Crippen molar-refractivity contribution in [3.8, 4) is 0 Å². The molecule has 1 amide bonds. The molecule has 4 aromatic rings. The fourth-order valence-corrected chi connectivity index (χ4v) is 5.30. The summed E-state index contributed by atoms with van der Waals surface area (Å²) < 4.78 is 6.11. The van der Waals surface area contributed by atoms with Crippen molar-refractivity contribution in [3.63, 3.8) is 0 Å². The van der Waals surface area contributed by atoms with Gasteiger partial charge in [0, 0.05) is 61.3 Å². The van der Waals surface area contributed by atoms with Gasteiger partial charge in [0.1, 0.15) is 17.4 Å². The standard InChI is InChI=1S/C26H26ClN5O2/c27-19-5-7-20(8-6-19)30-13-15-32(16-14-30)26(33)18-9-11-31(12-10-18)25-24-23(28-17-29-25)21-3-1-2-4-22(21)34-24/h1-8,17-18H,9-16H2. The summed E-state index contributed by atoms with van der Waals surface area (Å²) in [4.78, 5) is 28.8. The molecule has 34 heavy (non-hydrogen) atoms. The Hall–Kier alpha value is -3.32. The van der Waals surface area contributed by atoms with Crippen LogP contribution in [0.4, 0.5) is 11.5 Å². The summed E-state index contributed by atoms with van der Waals surface area (Å²) in [6, 6.07) is 15.9. The Labute approximate surface area is 202 Å². The first-order chi connectivity index (χ1) is 16.7. The van der Waals surface area contributed by atoms with Gasteiger partial charge in [0.25, 0.3) is 0 Å². The third kappa shape index (κ3) is 3.84. The second kappa shape index (κ2) is 8.80. The average molecular weight is 476 g/mol. The van der Waals surface area contributed by atoms with E-state index in [1.54, 1.807) is 6.33 Å². The van der Waals surface area contributed by atoms with Crippen molar-refractivity contribution in [2.24, 2.45) is 5.92 Å². The van der Waals surface area contributed by atoms with E-state index in [9.17, 15) is 4.79 Å². The Kier molecular flexibility index (Phi) is 5.49. The van der Waals surface area contributed by atoms with E-state index < -0.39 is 0 Å². The molecule has 0 atom stereocenters. The van der Waals surface area contributed by atoms with Crippen molar-refractivity contribution < 1.29 is 9.21 Å². The smallest absolute Gasteiger partial charge is 0.225 e. The maximum absolute atomic E-state index is 13.2. The molecule has 0 radical (unpaired) electrons. The maximum Gasteiger partial charge on any atom is 0.225 e. The minimum Gasteiger partial charge on any atom is -0.450 e. The van der Waals surface area contributed by atoms with Crippen LogP contribution in [0.25, 0.3) is 22.1 Å². The van der Waals surface area contributed by atoms with E-state index in [1.165, 1.54) is 0 Å². The molecule has 2 aliphatic rings. The van der Waals surface area contributed by atoms with Crippen molar-refractivity contribution in [2.45, 2.75) is 12.8 Å². The minimum absolute atomic E-state index is 0.0614. The molecule has 2 aliphatic heterocycles. The zero-order valence-electron chi connectivity index (χ0n) is 18.9. The lowest BCUT2D eigenvalue weighted by Gasteiger charge is -2.39. The predicted octanol–water partition coefficient (Wildman–Crippen LogP) is 4.59. The molecule has 0 aliphatic carbocycles. The lowest BCUT2D eigenvalue weighted by Crippen LogP contribution is -2.51. The number of fused-ring (bicyclic) bond motifs is 3. The molecule has 2 aromatic carbocycles. The molecule has 8 heteroatoms. The van der Waals surface area contributed by atoms with Crippen LogP contribution in [-0.2, 0) is 4.79 Å². The number of carbonyl (C=O) groups is 1. The molecule has 174 valence electrons. The molecular weight excluding hydrogens is 450 g/mol. The molecule has 0 spiro atoms. The second-order valence-corrected chi connectivity index (χ2v) is 9.46. The van der Waals surface area contributed by atoms with Crippen LogP contribution in [0.15, 0.2) is 59.3 Å². The Morgan fingerprint density at radius 3 is 2.38 bits per heavy atom. The summed E-state index contributed by atoms with van der Waals surface area (Å²) in [7, 11) is 0. The molecular formula is C26H26ClN5O2. The van der Waals surface area contributed by atoms with Gasteiger partial charge in [-0.15, -0.1) is 0 Å². The van der Waals surface area contributed by atoms with Gasteiger partial charge in [-0.1, -0.05) is 23.7 Å². The predicted molar refractivity (Wildman–Crippen MR) is 134 cm³/mol. The molecule has 0 saturated carbocycles. The van der Waals surface area contributed by atoms with Gasteiger partial charge in [0.15, 0.2) is 11.4 Å². The molecule has 7 nitrogen and oxygen atoms in total. The quantitative estimate of drug-likeness (QED) is 0.431. The number of hydrogen-bond acceptors (Lipinski definition) is 6. The highest BCUT2D eigenvalue weighted by atomic mass is 35.5. The highest BCUT2D eigenvalue weighted by Gasteiger charge is 2.31. The molecule has 2 saturated heterocycles. The van der Waals surface area contributed by atoms with Crippen LogP contribution < -0.4 is 9.80 Å². The van der Waals surface area contributed by atoms with Gasteiger partial charge in [-0.3, -0.25) is 4.79 Å². The number of piperidine rings is 1. The lowest BCUT2D eigenvalue weighted by atomic mass is 9.95. The third-order valence-corrected chi connectivity index (χ3v) is 7.32. The van der Waals surface area contributed by atoms with Crippen LogP contribution in [-0.4, -0.2) is 60.0 Å². The van der Waals surface area contributed by atoms with Crippen molar-refractivity contribution in [1.82, 2.24) is 14.9 Å². The molecule has 2 aromatic heterocycles. The van der Waals surface area contributed by atoms with E-state index in [0.29, 0.717) is 0 Å². The Morgan fingerprint density at radius 1 is 0.882 bits per heavy atom. The number of piperazine rings is 1. The summed E-state index contributed by atoms with van der Waals surface area (Å²) in [5, 5.41) is 1.75. The number of amides is 1. The molecule has 0 unspecified atom stereocenters. The largest absolute Gasteiger partial charge is 0.450 e. The van der Waals surface area contributed by atoms with Gasteiger partial charge in [-0.25, -0.2) is 9.97 Å². The SMILES string of the molecule is O=C(C1CCN(c2ncnc3c2oc2ccccc23)CC1)N1CCN(c2ccc(Cl)cc2)CC1. The Balaban J connectivity index is 1.09. The Bertz CT molecular complexity index is 1320. The van der Waals surface area contributed by atoms with E-state index in [1.807, 2.05) is 53.4 Å². The highest BCUT2D eigenvalue weighted by molar-refractivity contribution is 6.30. The number of furan rings is 1. The summed E-state index contributed by atoms with van der Waals surface area (Å²) in [6.45, 7) is 4.77. The number of aromatic nitrogens is 2. The van der Waals surface area contributed by atoms with Crippen LogP contribution >= 0.6 is 11.6 Å². The normalized spacial score (nSPS) is 17.6. The number of nitrogens with zero attached hydrogens (tertiary/aromatic N) is 5. The first kappa shape index (κ1) is 21.2. The molecule has 0 N–H and O–H groups in total. The van der Waals surface area contributed by atoms with Gasteiger partial charge >= 0.3 is 0 Å². The summed E-state index contributed by atoms with van der Waals surface area (Å²) in [5.74, 6) is 1.17. The fourth-order valence-electron chi connectivity index (χ4n) is 5.17. The van der Waals surface area contributed by atoms with Crippen molar-refractivity contribution in [1.29, 1.82) is 0 Å². The van der Waals surface area contributed by atoms with Crippen LogP contribution in [0.5, 0.6) is 0 Å². The van der Waals surface area contributed by atoms with Crippen molar-refractivity contribution in [2.75, 3.05) is 49.1 Å². The van der Waals surface area contributed by atoms with Crippen LogP contribution in [0.3, 0.4) is 0 Å². The minimum atomic E-state index is 0.0614. The van der Waals surface area contributed by atoms with E-state index in [4.69, 9.17) is 16.0 Å². The van der Waals surface area contributed by atoms with Gasteiger partial charge in [0.2, 0.25) is 5.91 Å². The molecule has 6 rings (SSSR count). The van der Waals surface area contributed by atoms with Crippen LogP contribution in [0.1, 0.15) is 12.8 Å². The lowest BCUT2D eigenvalue weighted by molar-refractivity contribution is -0.136. The highest BCUT2D eigenvalue weighted by Crippen LogP contribution is 2.34. The number of rotatable bonds is 3. The van der Waals surface area contributed by atoms with Crippen LogP contribution in [0, 0.1) is 5.92 Å². The molecule has 2 fully saturated rings. The zero-order chi connectivity index (χ0) is 23.1. The van der Waals surface area contributed by atoms with E-state index in [0.717, 1.165) is 90.7 Å².